The van der Waals surface area contributed by atoms with E-state index < -0.39 is 45.7 Å². The predicted octanol–water partition coefficient (Wildman–Crippen LogP) is -3.76. The van der Waals surface area contributed by atoms with Gasteiger partial charge >= 0.3 is 15.4 Å². The lowest BCUT2D eigenvalue weighted by Gasteiger charge is -2.36. The minimum Gasteiger partial charge on any atom is -0.393 e. The Balaban J connectivity index is 5.53. The molecule has 0 heterocycles. The molecule has 5 atom stereocenters. The smallest absolute Gasteiger partial charge is 0.393 e. The van der Waals surface area contributed by atoms with E-state index in [1.54, 1.807) is 0 Å². The fourth-order valence-corrected chi connectivity index (χ4v) is 3.49. The van der Waals surface area contributed by atoms with E-state index in [4.69, 9.17) is 20.0 Å². The number of aliphatic hydroxyl groups is 5. The van der Waals surface area contributed by atoms with Crippen molar-refractivity contribution in [3.63, 3.8) is 0 Å². The highest BCUT2D eigenvalue weighted by Crippen LogP contribution is 2.64. The van der Waals surface area contributed by atoms with E-state index in [1.807, 2.05) is 0 Å². The number of rotatable bonds is 8. The van der Waals surface area contributed by atoms with Crippen molar-refractivity contribution in [1.82, 2.24) is 0 Å². The summed E-state index contributed by atoms with van der Waals surface area (Å²) in [5.41, 5.74) is 0. The van der Waals surface area contributed by atoms with Crippen molar-refractivity contribution in [2.24, 2.45) is 0 Å². The van der Waals surface area contributed by atoms with Gasteiger partial charge in [-0.05, 0) is 0 Å². The fraction of sp³-hybridized carbons (Fsp3) is 0.833. The van der Waals surface area contributed by atoms with Crippen LogP contribution < -0.4 is 0 Å². The molecule has 0 saturated heterocycles. The summed E-state index contributed by atoms with van der Waals surface area (Å²) in [7, 11) is -11.4. The molecule has 0 fully saturated rings. The summed E-state index contributed by atoms with van der Waals surface area (Å²) < 4.78 is 25.4. The molecular weight excluding hydrogens is 326 g/mol. The van der Waals surface area contributed by atoms with Crippen molar-refractivity contribution >= 4 is 21.7 Å². The third-order valence-corrected chi connectivity index (χ3v) is 5.35. The molecule has 0 amide bonds. The molecule has 8 N–H and O–H groups in total. The summed E-state index contributed by atoms with van der Waals surface area (Å²) in [5.74, 6) is 0. The third kappa shape index (κ3) is 4.38. The highest BCUT2D eigenvalue weighted by Gasteiger charge is 2.58. The van der Waals surface area contributed by atoms with Gasteiger partial charge < -0.3 is 45.0 Å². The third-order valence-electron chi connectivity index (χ3n) is 2.23. The Morgan fingerprint density at radius 1 is 1.15 bits per heavy atom. The Labute approximate surface area is 111 Å². The first kappa shape index (κ1) is 19.8. The average molecular weight is 340 g/mol. The molecule has 0 aromatic heterocycles. The van der Waals surface area contributed by atoms with Crippen molar-refractivity contribution in [3.8, 4) is 0 Å². The van der Waals surface area contributed by atoms with Crippen LogP contribution >= 0.6 is 15.4 Å². The van der Waals surface area contributed by atoms with Crippen LogP contribution in [0.15, 0.2) is 0 Å². The van der Waals surface area contributed by atoms with Gasteiger partial charge in [-0.1, -0.05) is 0 Å². The van der Waals surface area contributed by atoms with E-state index in [-0.39, 0.29) is 6.29 Å². The van der Waals surface area contributed by atoms with E-state index in [9.17, 15) is 34.1 Å². The summed E-state index contributed by atoms with van der Waals surface area (Å²) in [6, 6.07) is 0. The molecule has 0 aromatic carbocycles. The van der Waals surface area contributed by atoms with Crippen molar-refractivity contribution in [2.75, 3.05) is 6.61 Å². The first-order valence-corrected chi connectivity index (χ1v) is 7.85. The van der Waals surface area contributed by atoms with Crippen molar-refractivity contribution in [3.05, 3.63) is 0 Å². The Kier molecular flexibility index (Phi) is 6.61. The minimum atomic E-state index is -5.79. The Hall–Kier alpha value is -0.230. The number of hydrogen-bond donors (Lipinski definition) is 8. The van der Waals surface area contributed by atoms with Crippen LogP contribution in [0.25, 0.3) is 0 Å². The van der Waals surface area contributed by atoms with Gasteiger partial charge in [0, 0.05) is 0 Å². The number of hydrogen-bond acceptors (Lipinski definition) is 9. The zero-order valence-electron chi connectivity index (χ0n) is 9.62. The molecule has 0 rings (SSSR count). The van der Waals surface area contributed by atoms with Crippen LogP contribution in [0.3, 0.4) is 0 Å². The molecular formula is C6H14O12P2. The topological polar surface area (TPSA) is 222 Å². The molecule has 0 aliphatic carbocycles. The van der Waals surface area contributed by atoms with Gasteiger partial charge in [-0.25, -0.2) is 8.88 Å². The maximum atomic E-state index is 11.5. The van der Waals surface area contributed by atoms with Gasteiger partial charge in [0.25, 0.3) is 0 Å². The molecule has 12 nitrogen and oxygen atoms in total. The van der Waals surface area contributed by atoms with E-state index in [2.05, 4.69) is 4.31 Å². The van der Waals surface area contributed by atoms with E-state index in [0.29, 0.717) is 0 Å². The Morgan fingerprint density at radius 3 is 1.90 bits per heavy atom. The summed E-state index contributed by atoms with van der Waals surface area (Å²) in [4.78, 5) is 36.2. The molecule has 20 heavy (non-hydrogen) atoms. The average Bonchev–Trinajstić information content (AvgIpc) is 2.31. The van der Waals surface area contributed by atoms with Crippen LogP contribution in [0.5, 0.6) is 0 Å². The van der Waals surface area contributed by atoms with Gasteiger partial charge in [0.2, 0.25) is 5.34 Å². The molecule has 0 bridgehead atoms. The molecule has 1 unspecified atom stereocenters. The number of aliphatic hydroxyl groups excluding tert-OH is 4. The Bertz CT molecular complexity index is 432. The van der Waals surface area contributed by atoms with Gasteiger partial charge in [-0.3, -0.25) is 4.57 Å². The second-order valence-electron chi connectivity index (χ2n) is 3.69. The standard InChI is InChI=1S/C6H14O12P2/c7-1-3(9)4(10)5(11)6(12,2-8)19(13,14)18-20(15,16)17/h1,3-5,8-12H,2H2,(H,13,14)(H2,15,16,17)/t3-,4+,5-,6-/m0/s1. The number of aldehydes is 1. The van der Waals surface area contributed by atoms with E-state index in [1.165, 1.54) is 0 Å². The van der Waals surface area contributed by atoms with E-state index >= 15 is 0 Å². The van der Waals surface area contributed by atoms with Gasteiger partial charge in [0.15, 0.2) is 6.29 Å². The highest BCUT2D eigenvalue weighted by molar-refractivity contribution is 7.64. The lowest BCUT2D eigenvalue weighted by atomic mass is 10.0. The molecule has 0 aliphatic rings. The minimum absolute atomic E-state index is 0.294. The van der Waals surface area contributed by atoms with Crippen molar-refractivity contribution < 1.29 is 58.4 Å². The number of carbonyl (C=O) groups excluding carboxylic acids is 1. The van der Waals surface area contributed by atoms with Crippen molar-refractivity contribution in [2.45, 2.75) is 23.7 Å². The molecule has 0 aliphatic heterocycles. The summed E-state index contributed by atoms with van der Waals surface area (Å²) in [6.45, 7) is -1.79. The first-order valence-electron chi connectivity index (χ1n) is 4.75. The first-order chi connectivity index (χ1) is 8.82. The zero-order chi connectivity index (χ0) is 16.4. The molecule has 0 spiro atoms. The molecule has 0 radical (unpaired) electrons. The van der Waals surface area contributed by atoms with Crippen LogP contribution in [0, 0.1) is 0 Å². The quantitative estimate of drug-likeness (QED) is 0.158. The Morgan fingerprint density at radius 2 is 1.60 bits per heavy atom. The van der Waals surface area contributed by atoms with Gasteiger partial charge in [0.1, 0.15) is 18.3 Å². The zero-order valence-corrected chi connectivity index (χ0v) is 11.4. The van der Waals surface area contributed by atoms with Crippen LogP contribution in [-0.2, 0) is 18.2 Å². The summed E-state index contributed by atoms with van der Waals surface area (Å²) in [5, 5.41) is 42.4. The molecule has 120 valence electrons. The summed E-state index contributed by atoms with van der Waals surface area (Å²) >= 11 is 0. The van der Waals surface area contributed by atoms with E-state index in [0.717, 1.165) is 0 Å². The normalized spacial score (nSPS) is 23.2. The molecule has 0 saturated carbocycles. The fourth-order valence-electron chi connectivity index (χ4n) is 1.11. The summed E-state index contributed by atoms with van der Waals surface area (Å²) in [6.07, 6.45) is -7.98. The SMILES string of the molecule is O=C[C@H](O)[C@@H](O)[C@H](O)[C@](O)(CO)P(=O)(O)OP(=O)(O)O. The van der Waals surface area contributed by atoms with Gasteiger partial charge in [-0.2, -0.15) is 0 Å². The lowest BCUT2D eigenvalue weighted by molar-refractivity contribution is -0.147. The largest absolute Gasteiger partial charge is 0.476 e. The monoisotopic (exact) mass is 340 g/mol. The maximum Gasteiger partial charge on any atom is 0.476 e. The number of phosphoric acid groups is 1. The second-order valence-corrected chi connectivity index (χ2v) is 7.14. The lowest BCUT2D eigenvalue weighted by Crippen LogP contribution is -2.55. The van der Waals surface area contributed by atoms with Crippen molar-refractivity contribution in [1.29, 1.82) is 0 Å². The highest BCUT2D eigenvalue weighted by atomic mass is 31.3. The molecule has 14 heteroatoms. The second kappa shape index (κ2) is 6.69. The van der Waals surface area contributed by atoms with Crippen LogP contribution in [-0.4, -0.2) is 76.8 Å². The van der Waals surface area contributed by atoms with Gasteiger partial charge in [-0.15, -0.1) is 0 Å². The number of carbonyl (C=O) groups is 1. The van der Waals surface area contributed by atoms with Gasteiger partial charge in [0.05, 0.1) is 6.61 Å². The van der Waals surface area contributed by atoms with Crippen LogP contribution in [0.4, 0.5) is 0 Å². The van der Waals surface area contributed by atoms with Crippen LogP contribution in [0.2, 0.25) is 0 Å². The maximum absolute atomic E-state index is 11.5. The molecule has 0 aromatic rings. The predicted molar refractivity (Wildman–Crippen MR) is 59.1 cm³/mol. The van der Waals surface area contributed by atoms with Crippen LogP contribution in [0.1, 0.15) is 0 Å².